The van der Waals surface area contributed by atoms with Gasteiger partial charge < -0.3 is 10.2 Å². The minimum Gasteiger partial charge on any atom is -0.349 e. The van der Waals surface area contributed by atoms with E-state index in [4.69, 9.17) is 0 Å². The van der Waals surface area contributed by atoms with E-state index in [9.17, 15) is 9.59 Å². The lowest BCUT2D eigenvalue weighted by Gasteiger charge is -2.44. The van der Waals surface area contributed by atoms with Gasteiger partial charge in [0.1, 0.15) is 5.69 Å². The van der Waals surface area contributed by atoms with Crippen molar-refractivity contribution in [3.63, 3.8) is 0 Å². The molecule has 0 saturated carbocycles. The molecule has 1 fully saturated rings. The summed E-state index contributed by atoms with van der Waals surface area (Å²) < 4.78 is 0. The summed E-state index contributed by atoms with van der Waals surface area (Å²) in [7, 11) is 1.82. The summed E-state index contributed by atoms with van der Waals surface area (Å²) in [5.74, 6) is -0.0922. The number of amides is 2. The number of pyridine rings is 1. The third-order valence-electron chi connectivity index (χ3n) is 6.02. The van der Waals surface area contributed by atoms with Crippen molar-refractivity contribution in [1.29, 1.82) is 0 Å². The summed E-state index contributed by atoms with van der Waals surface area (Å²) in [6.07, 6.45) is 1.66. The van der Waals surface area contributed by atoms with E-state index >= 15 is 0 Å². The fourth-order valence-corrected chi connectivity index (χ4v) is 4.35. The van der Waals surface area contributed by atoms with Gasteiger partial charge in [-0.15, -0.1) is 0 Å². The first-order chi connectivity index (χ1) is 14.9. The number of rotatable bonds is 5. The van der Waals surface area contributed by atoms with Gasteiger partial charge in [-0.3, -0.25) is 19.5 Å². The lowest BCUT2D eigenvalue weighted by molar-refractivity contribution is -0.142. The van der Waals surface area contributed by atoms with Crippen molar-refractivity contribution in [2.24, 2.45) is 0 Å². The minimum atomic E-state index is -0.253. The fourth-order valence-electron chi connectivity index (χ4n) is 4.35. The molecule has 0 bridgehead atoms. The van der Waals surface area contributed by atoms with Crippen molar-refractivity contribution in [1.82, 2.24) is 20.1 Å². The topological polar surface area (TPSA) is 65.5 Å². The van der Waals surface area contributed by atoms with Crippen LogP contribution in [-0.2, 0) is 11.3 Å². The number of hydrogen-bond donors (Lipinski definition) is 1. The maximum Gasteiger partial charge on any atom is 0.270 e. The van der Waals surface area contributed by atoms with Crippen LogP contribution in [0.3, 0.4) is 0 Å². The van der Waals surface area contributed by atoms with Gasteiger partial charge in [0.2, 0.25) is 5.91 Å². The van der Waals surface area contributed by atoms with E-state index in [2.05, 4.69) is 40.3 Å². The molecule has 3 aromatic rings. The maximum absolute atomic E-state index is 13.0. The van der Waals surface area contributed by atoms with E-state index < -0.39 is 0 Å². The van der Waals surface area contributed by atoms with E-state index in [1.807, 2.05) is 50.4 Å². The molecular formula is C25H28N4O2. The minimum absolute atomic E-state index is 0.0112. The first kappa shape index (κ1) is 21.0. The van der Waals surface area contributed by atoms with E-state index in [0.717, 1.165) is 16.3 Å². The molecule has 0 spiro atoms. The Kier molecular flexibility index (Phi) is 6.00. The lowest BCUT2D eigenvalue weighted by atomic mass is 10.0. The Bertz CT molecular complexity index is 1110. The van der Waals surface area contributed by atoms with Crippen LogP contribution in [0.2, 0.25) is 0 Å². The molecule has 6 heteroatoms. The fraction of sp³-hybridized carbons (Fsp3) is 0.320. The molecule has 160 valence electrons. The number of nitrogens with one attached hydrogen (secondary N) is 1. The van der Waals surface area contributed by atoms with Crippen molar-refractivity contribution in [2.75, 3.05) is 20.1 Å². The average Bonchev–Trinajstić information content (AvgIpc) is 2.78. The third kappa shape index (κ3) is 4.44. The molecule has 31 heavy (non-hydrogen) atoms. The van der Waals surface area contributed by atoms with Crippen LogP contribution < -0.4 is 5.32 Å². The molecule has 2 heterocycles. The zero-order valence-electron chi connectivity index (χ0n) is 18.2. The Morgan fingerprint density at radius 3 is 2.77 bits per heavy atom. The van der Waals surface area contributed by atoms with Gasteiger partial charge in [0, 0.05) is 44.3 Å². The second kappa shape index (κ2) is 8.86. The number of carbonyl (C=O) groups is 2. The molecular weight excluding hydrogens is 388 g/mol. The summed E-state index contributed by atoms with van der Waals surface area (Å²) in [6, 6.07) is 17.7. The van der Waals surface area contributed by atoms with Crippen LogP contribution in [0.1, 0.15) is 28.5 Å². The molecule has 2 atom stereocenters. The molecule has 0 radical (unpaired) electrons. The van der Waals surface area contributed by atoms with Gasteiger partial charge >= 0.3 is 0 Å². The zero-order valence-corrected chi connectivity index (χ0v) is 18.2. The average molecular weight is 417 g/mol. The number of hydrogen-bond acceptors (Lipinski definition) is 4. The van der Waals surface area contributed by atoms with Gasteiger partial charge in [-0.05, 0) is 30.9 Å². The summed E-state index contributed by atoms with van der Waals surface area (Å²) in [5, 5.41) is 4.89. The number of fused-ring (bicyclic) bond motifs is 1. The molecule has 0 unspecified atom stereocenters. The van der Waals surface area contributed by atoms with Gasteiger partial charge in [0.25, 0.3) is 5.91 Å². The smallest absolute Gasteiger partial charge is 0.270 e. The third-order valence-corrected chi connectivity index (χ3v) is 6.02. The SMILES string of the molecule is Cc1cccc(CN2[C@H](CNC(=O)c3nccc4ccccc34)CN(C)C(=O)[C@@H]2C)c1. The largest absolute Gasteiger partial charge is 0.349 e. The number of benzene rings is 2. The van der Waals surface area contributed by atoms with Crippen molar-refractivity contribution >= 4 is 22.6 Å². The number of carbonyl (C=O) groups excluding carboxylic acids is 2. The van der Waals surface area contributed by atoms with Crippen molar-refractivity contribution in [2.45, 2.75) is 32.5 Å². The van der Waals surface area contributed by atoms with Crippen LogP contribution in [0, 0.1) is 6.92 Å². The number of aryl methyl sites for hydroxylation is 1. The maximum atomic E-state index is 13.0. The van der Waals surface area contributed by atoms with Crippen molar-refractivity contribution in [3.8, 4) is 0 Å². The summed E-state index contributed by atoms with van der Waals surface area (Å²) >= 11 is 0. The van der Waals surface area contributed by atoms with Gasteiger partial charge in [-0.2, -0.15) is 0 Å². The summed E-state index contributed by atoms with van der Waals surface area (Å²) in [6.45, 7) is 5.68. The highest BCUT2D eigenvalue weighted by molar-refractivity contribution is 6.05. The quantitative estimate of drug-likeness (QED) is 0.694. The van der Waals surface area contributed by atoms with E-state index in [-0.39, 0.29) is 23.9 Å². The monoisotopic (exact) mass is 416 g/mol. The van der Waals surface area contributed by atoms with E-state index in [1.54, 1.807) is 11.1 Å². The van der Waals surface area contributed by atoms with Crippen LogP contribution in [0.4, 0.5) is 0 Å². The van der Waals surface area contributed by atoms with Gasteiger partial charge in [0.05, 0.1) is 6.04 Å². The van der Waals surface area contributed by atoms with E-state index in [0.29, 0.717) is 25.3 Å². The molecule has 1 saturated heterocycles. The Labute approximate surface area is 182 Å². The predicted molar refractivity (Wildman–Crippen MR) is 122 cm³/mol. The normalized spacial score (nSPS) is 19.6. The van der Waals surface area contributed by atoms with Gasteiger partial charge in [0.15, 0.2) is 0 Å². The van der Waals surface area contributed by atoms with Gasteiger partial charge in [-0.1, -0.05) is 54.1 Å². The molecule has 0 aliphatic carbocycles. The molecule has 1 aliphatic rings. The van der Waals surface area contributed by atoms with Crippen LogP contribution in [0.15, 0.2) is 60.8 Å². The first-order valence-corrected chi connectivity index (χ1v) is 10.6. The Morgan fingerprint density at radius 1 is 1.16 bits per heavy atom. The Balaban J connectivity index is 1.52. The van der Waals surface area contributed by atoms with Crippen molar-refractivity contribution in [3.05, 3.63) is 77.6 Å². The first-order valence-electron chi connectivity index (χ1n) is 10.6. The van der Waals surface area contributed by atoms with Gasteiger partial charge in [-0.25, -0.2) is 0 Å². The Hall–Kier alpha value is -3.25. The molecule has 1 aromatic heterocycles. The highest BCUT2D eigenvalue weighted by atomic mass is 16.2. The second-order valence-corrected chi connectivity index (χ2v) is 8.30. The molecule has 1 N–H and O–H groups in total. The van der Waals surface area contributed by atoms with Crippen LogP contribution >= 0.6 is 0 Å². The molecule has 4 rings (SSSR count). The molecule has 2 aromatic carbocycles. The predicted octanol–water partition coefficient (Wildman–Crippen LogP) is 3.00. The standard InChI is InChI=1S/C25H28N4O2/c1-17-7-6-8-19(13-17)15-29-18(2)25(31)28(3)16-21(29)14-27-24(30)23-22-10-5-4-9-20(22)11-12-26-23/h4-13,18,21H,14-16H2,1-3H3,(H,27,30)/t18-,21+/m0/s1. The van der Waals surface area contributed by atoms with Crippen LogP contribution in [0.5, 0.6) is 0 Å². The number of nitrogens with zero attached hydrogens (tertiary/aromatic N) is 3. The molecule has 6 nitrogen and oxygen atoms in total. The number of piperazine rings is 1. The second-order valence-electron chi connectivity index (χ2n) is 8.30. The molecule has 2 amide bonds. The van der Waals surface area contributed by atoms with E-state index in [1.165, 1.54) is 5.56 Å². The van der Waals surface area contributed by atoms with Crippen LogP contribution in [-0.4, -0.2) is 58.8 Å². The van der Waals surface area contributed by atoms with Crippen LogP contribution in [0.25, 0.3) is 10.8 Å². The van der Waals surface area contributed by atoms with Crippen molar-refractivity contribution < 1.29 is 9.59 Å². The zero-order chi connectivity index (χ0) is 22.0. The highest BCUT2D eigenvalue weighted by Crippen LogP contribution is 2.21. The summed E-state index contributed by atoms with van der Waals surface area (Å²) in [4.78, 5) is 33.9. The summed E-state index contributed by atoms with van der Waals surface area (Å²) in [5.41, 5.74) is 2.78. The number of likely N-dealkylation sites (N-methyl/N-ethyl adjacent to an activating group) is 1. The molecule has 1 aliphatic heterocycles. The Morgan fingerprint density at radius 2 is 1.97 bits per heavy atom. The highest BCUT2D eigenvalue weighted by Gasteiger charge is 2.36. The number of aromatic nitrogens is 1. The lowest BCUT2D eigenvalue weighted by Crippen LogP contribution is -2.62.